The van der Waals surface area contributed by atoms with Crippen LogP contribution in [-0.4, -0.2) is 9.97 Å². The number of pyridine rings is 1. The molecule has 0 spiro atoms. The topological polar surface area (TPSA) is 28.7 Å². The fourth-order valence-corrected chi connectivity index (χ4v) is 3.77. The molecular formula is C19H11ClF2N2S. The molecule has 1 N–H and O–H groups in total. The molecule has 0 radical (unpaired) electrons. The summed E-state index contributed by atoms with van der Waals surface area (Å²) >= 11 is 7.46. The Morgan fingerprint density at radius 1 is 0.960 bits per heavy atom. The second kappa shape index (κ2) is 6.50. The van der Waals surface area contributed by atoms with E-state index in [0.717, 1.165) is 26.8 Å². The van der Waals surface area contributed by atoms with Crippen molar-refractivity contribution in [3.63, 3.8) is 0 Å². The molecule has 0 fully saturated rings. The molecule has 0 unspecified atom stereocenters. The summed E-state index contributed by atoms with van der Waals surface area (Å²) in [6, 6.07) is 12.7. The Kier molecular flexibility index (Phi) is 4.19. The van der Waals surface area contributed by atoms with Gasteiger partial charge in [-0.2, -0.15) is 0 Å². The van der Waals surface area contributed by atoms with E-state index in [9.17, 15) is 8.78 Å². The number of nitrogens with one attached hydrogen (secondary N) is 1. The third-order valence-corrected chi connectivity index (χ3v) is 5.05. The first-order chi connectivity index (χ1) is 12.1. The van der Waals surface area contributed by atoms with Crippen LogP contribution in [0, 0.1) is 11.6 Å². The van der Waals surface area contributed by atoms with E-state index < -0.39 is 11.6 Å². The van der Waals surface area contributed by atoms with Crippen molar-refractivity contribution in [1.82, 2.24) is 9.97 Å². The summed E-state index contributed by atoms with van der Waals surface area (Å²) in [7, 11) is 0. The number of hydrogen-bond donors (Lipinski definition) is 1. The van der Waals surface area contributed by atoms with Gasteiger partial charge in [0.05, 0.1) is 0 Å². The van der Waals surface area contributed by atoms with E-state index in [0.29, 0.717) is 16.2 Å². The highest BCUT2D eigenvalue weighted by Crippen LogP contribution is 2.38. The molecule has 0 saturated heterocycles. The van der Waals surface area contributed by atoms with E-state index in [4.69, 9.17) is 11.6 Å². The molecule has 6 heteroatoms. The summed E-state index contributed by atoms with van der Waals surface area (Å²) < 4.78 is 27.3. The Hall–Kier alpha value is -2.37. The number of fused-ring (bicyclic) bond motifs is 1. The standard InChI is InChI=1S/C19H11ClF2N2S/c20-12-1-3-15(4-2-12)25-17-10-24-19-18(17)16(5-6-23-19)11-7-13(21)9-14(22)8-11/h1-10H,(H,23,24). The zero-order chi connectivity index (χ0) is 17.4. The van der Waals surface area contributed by atoms with Gasteiger partial charge >= 0.3 is 0 Å². The predicted molar refractivity (Wildman–Crippen MR) is 97.0 cm³/mol. The number of aromatic amines is 1. The van der Waals surface area contributed by atoms with Crippen LogP contribution in [0.3, 0.4) is 0 Å². The Morgan fingerprint density at radius 2 is 1.68 bits per heavy atom. The predicted octanol–water partition coefficient (Wildman–Crippen LogP) is 6.31. The first-order valence-electron chi connectivity index (χ1n) is 7.46. The summed E-state index contributed by atoms with van der Waals surface area (Å²) in [6.07, 6.45) is 3.46. The van der Waals surface area contributed by atoms with Crippen molar-refractivity contribution in [3.05, 3.63) is 77.6 Å². The average Bonchev–Trinajstić information content (AvgIpc) is 2.99. The molecule has 25 heavy (non-hydrogen) atoms. The lowest BCUT2D eigenvalue weighted by molar-refractivity contribution is 0.584. The summed E-state index contributed by atoms with van der Waals surface area (Å²) in [6.45, 7) is 0. The molecule has 0 aliphatic heterocycles. The molecule has 4 rings (SSSR count). The minimum absolute atomic E-state index is 0.474. The Morgan fingerprint density at radius 3 is 2.40 bits per heavy atom. The van der Waals surface area contributed by atoms with Crippen LogP contribution in [0.5, 0.6) is 0 Å². The number of benzene rings is 2. The van der Waals surface area contributed by atoms with Gasteiger partial charge in [0.2, 0.25) is 0 Å². The Labute approximate surface area is 151 Å². The molecule has 4 aromatic rings. The van der Waals surface area contributed by atoms with Gasteiger partial charge in [-0.3, -0.25) is 0 Å². The molecule has 2 heterocycles. The third-order valence-electron chi connectivity index (χ3n) is 3.75. The maximum Gasteiger partial charge on any atom is 0.139 e. The van der Waals surface area contributed by atoms with Crippen LogP contribution in [0.1, 0.15) is 0 Å². The van der Waals surface area contributed by atoms with Gasteiger partial charge in [0.1, 0.15) is 17.3 Å². The second-order valence-corrected chi connectivity index (χ2v) is 7.00. The summed E-state index contributed by atoms with van der Waals surface area (Å²) in [4.78, 5) is 9.35. The van der Waals surface area contributed by atoms with Crippen LogP contribution in [0.25, 0.3) is 22.2 Å². The van der Waals surface area contributed by atoms with Crippen LogP contribution < -0.4 is 0 Å². The first-order valence-corrected chi connectivity index (χ1v) is 8.65. The van der Waals surface area contributed by atoms with Gasteiger partial charge in [0, 0.05) is 38.7 Å². The van der Waals surface area contributed by atoms with Crippen molar-refractivity contribution >= 4 is 34.4 Å². The van der Waals surface area contributed by atoms with Crippen molar-refractivity contribution in [2.24, 2.45) is 0 Å². The van der Waals surface area contributed by atoms with Gasteiger partial charge in [-0.05, 0) is 53.6 Å². The van der Waals surface area contributed by atoms with Crippen molar-refractivity contribution in [2.75, 3.05) is 0 Å². The second-order valence-electron chi connectivity index (χ2n) is 5.45. The fraction of sp³-hybridized carbons (Fsp3) is 0. The van der Waals surface area contributed by atoms with E-state index in [1.165, 1.54) is 23.9 Å². The third kappa shape index (κ3) is 3.25. The van der Waals surface area contributed by atoms with Gasteiger partial charge in [-0.15, -0.1) is 0 Å². The quantitative estimate of drug-likeness (QED) is 0.456. The van der Waals surface area contributed by atoms with Gasteiger partial charge in [0.15, 0.2) is 0 Å². The number of aromatic nitrogens is 2. The maximum atomic E-state index is 13.6. The lowest BCUT2D eigenvalue weighted by atomic mass is 10.0. The molecule has 2 nitrogen and oxygen atoms in total. The Balaban J connectivity index is 1.85. The Bertz CT molecular complexity index is 1040. The van der Waals surface area contributed by atoms with Gasteiger partial charge in [-0.1, -0.05) is 23.4 Å². The molecule has 2 aromatic carbocycles. The van der Waals surface area contributed by atoms with Crippen LogP contribution in [0.15, 0.2) is 70.7 Å². The van der Waals surface area contributed by atoms with E-state index in [-0.39, 0.29) is 0 Å². The molecule has 124 valence electrons. The highest BCUT2D eigenvalue weighted by atomic mass is 35.5. The van der Waals surface area contributed by atoms with Crippen LogP contribution >= 0.6 is 23.4 Å². The average molecular weight is 373 g/mol. The highest BCUT2D eigenvalue weighted by Gasteiger charge is 2.14. The van der Waals surface area contributed by atoms with Crippen LogP contribution in [0.4, 0.5) is 8.78 Å². The molecule has 0 aliphatic rings. The summed E-state index contributed by atoms with van der Waals surface area (Å²) in [5, 5.41) is 1.49. The number of nitrogens with zero attached hydrogens (tertiary/aromatic N) is 1. The minimum Gasteiger partial charge on any atom is -0.345 e. The van der Waals surface area contributed by atoms with Crippen LogP contribution in [0.2, 0.25) is 5.02 Å². The maximum absolute atomic E-state index is 13.6. The largest absolute Gasteiger partial charge is 0.345 e. The van der Waals surface area contributed by atoms with E-state index in [1.54, 1.807) is 12.3 Å². The molecule has 0 amide bonds. The van der Waals surface area contributed by atoms with Gasteiger partial charge in [0.25, 0.3) is 0 Å². The van der Waals surface area contributed by atoms with E-state index >= 15 is 0 Å². The normalized spacial score (nSPS) is 11.2. The highest BCUT2D eigenvalue weighted by molar-refractivity contribution is 7.99. The van der Waals surface area contributed by atoms with Crippen LogP contribution in [-0.2, 0) is 0 Å². The van der Waals surface area contributed by atoms with Gasteiger partial charge in [-0.25, -0.2) is 13.8 Å². The van der Waals surface area contributed by atoms with E-state index in [2.05, 4.69) is 9.97 Å². The summed E-state index contributed by atoms with van der Waals surface area (Å²) in [5.74, 6) is -1.22. The molecule has 0 bridgehead atoms. The fourth-order valence-electron chi connectivity index (χ4n) is 2.69. The molecule has 2 aromatic heterocycles. The lowest BCUT2D eigenvalue weighted by Crippen LogP contribution is -1.87. The molecular weight excluding hydrogens is 362 g/mol. The monoisotopic (exact) mass is 372 g/mol. The van der Waals surface area contributed by atoms with Crippen molar-refractivity contribution in [1.29, 1.82) is 0 Å². The van der Waals surface area contributed by atoms with Gasteiger partial charge < -0.3 is 4.98 Å². The lowest BCUT2D eigenvalue weighted by Gasteiger charge is -2.07. The SMILES string of the molecule is Fc1cc(F)cc(-c2ccnc3[nH]cc(Sc4ccc(Cl)cc4)c23)c1. The molecule has 0 aliphatic carbocycles. The zero-order valence-corrected chi connectivity index (χ0v) is 14.3. The summed E-state index contributed by atoms with van der Waals surface area (Å²) in [5.41, 5.74) is 1.86. The smallest absolute Gasteiger partial charge is 0.139 e. The minimum atomic E-state index is -0.609. The van der Waals surface area contributed by atoms with Crippen molar-refractivity contribution < 1.29 is 8.78 Å². The molecule has 0 atom stereocenters. The molecule has 0 saturated carbocycles. The van der Waals surface area contributed by atoms with Crippen molar-refractivity contribution in [3.8, 4) is 11.1 Å². The number of H-pyrrole nitrogens is 1. The van der Waals surface area contributed by atoms with E-state index in [1.807, 2.05) is 30.5 Å². The zero-order valence-electron chi connectivity index (χ0n) is 12.8. The number of halogens is 3. The number of hydrogen-bond acceptors (Lipinski definition) is 2. The van der Waals surface area contributed by atoms with Crippen molar-refractivity contribution in [2.45, 2.75) is 9.79 Å². The first kappa shape index (κ1) is 16.1. The number of rotatable bonds is 3.